The number of nitrogens with one attached hydrogen (secondary N) is 1. The van der Waals surface area contributed by atoms with Crippen molar-refractivity contribution in [2.24, 2.45) is 0 Å². The van der Waals surface area contributed by atoms with Gasteiger partial charge in [0.1, 0.15) is 5.69 Å². The van der Waals surface area contributed by atoms with Crippen LogP contribution in [0.2, 0.25) is 0 Å². The molecule has 1 aliphatic rings. The molecule has 1 aromatic rings. The first-order valence-electron chi connectivity index (χ1n) is 6.54. The molecule has 1 heterocycles. The Labute approximate surface area is 107 Å². The van der Waals surface area contributed by atoms with Gasteiger partial charge in [-0.25, -0.2) is 0 Å². The smallest absolute Gasteiger partial charge is 0.268 e. The molecular weight excluding hydrogens is 230 g/mol. The second kappa shape index (κ2) is 5.44. The van der Waals surface area contributed by atoms with Crippen molar-refractivity contribution < 1.29 is 9.90 Å². The average Bonchev–Trinajstić information content (AvgIpc) is 2.73. The molecule has 0 aromatic carbocycles. The van der Waals surface area contributed by atoms with Crippen LogP contribution in [0.3, 0.4) is 0 Å². The zero-order valence-corrected chi connectivity index (χ0v) is 10.7. The second-order valence-corrected chi connectivity index (χ2v) is 4.92. The van der Waals surface area contributed by atoms with Gasteiger partial charge in [0.15, 0.2) is 0 Å². The third-order valence-corrected chi connectivity index (χ3v) is 3.52. The van der Waals surface area contributed by atoms with E-state index in [-0.39, 0.29) is 18.1 Å². The van der Waals surface area contributed by atoms with Crippen LogP contribution in [0.15, 0.2) is 12.3 Å². The minimum absolute atomic E-state index is 0.0741. The molecule has 1 amide bonds. The van der Waals surface area contributed by atoms with Crippen molar-refractivity contribution in [3.05, 3.63) is 18.0 Å². The summed E-state index contributed by atoms with van der Waals surface area (Å²) in [5, 5.41) is 12.4. The first-order chi connectivity index (χ1) is 8.60. The van der Waals surface area contributed by atoms with Crippen LogP contribution >= 0.6 is 0 Å². The predicted octanol–water partition coefficient (Wildman–Crippen LogP) is 1.12. The standard InChI is InChI=1S/C13H21N3O2/c1-2-16-8-9(14)7-12(16)13(18)15-10-3-5-11(17)6-4-10/h7-8,10-11,17H,2-6,14H2,1H3,(H,15,18). The number of anilines is 1. The quantitative estimate of drug-likeness (QED) is 0.753. The summed E-state index contributed by atoms with van der Waals surface area (Å²) in [5.41, 5.74) is 6.93. The lowest BCUT2D eigenvalue weighted by Gasteiger charge is -2.26. The molecule has 0 radical (unpaired) electrons. The Kier molecular flexibility index (Phi) is 3.91. The summed E-state index contributed by atoms with van der Waals surface area (Å²) in [7, 11) is 0. The van der Waals surface area contributed by atoms with Crippen LogP contribution in [0.4, 0.5) is 5.69 Å². The number of nitrogen functional groups attached to an aromatic ring is 1. The topological polar surface area (TPSA) is 80.3 Å². The number of rotatable bonds is 3. The van der Waals surface area contributed by atoms with Crippen LogP contribution < -0.4 is 11.1 Å². The average molecular weight is 251 g/mol. The van der Waals surface area contributed by atoms with E-state index in [0.717, 1.165) is 32.2 Å². The molecule has 0 saturated heterocycles. The molecular formula is C13H21N3O2. The molecule has 0 spiro atoms. The minimum Gasteiger partial charge on any atom is -0.397 e. The van der Waals surface area contributed by atoms with Crippen LogP contribution in [0, 0.1) is 0 Å². The van der Waals surface area contributed by atoms with Crippen molar-refractivity contribution in [1.29, 1.82) is 0 Å². The van der Waals surface area contributed by atoms with Crippen LogP contribution in [-0.4, -0.2) is 27.7 Å². The molecule has 5 nitrogen and oxygen atoms in total. The van der Waals surface area contributed by atoms with Gasteiger partial charge in [-0.3, -0.25) is 4.79 Å². The van der Waals surface area contributed by atoms with Gasteiger partial charge >= 0.3 is 0 Å². The van der Waals surface area contributed by atoms with Crippen molar-refractivity contribution >= 4 is 11.6 Å². The summed E-state index contributed by atoms with van der Waals surface area (Å²) in [4.78, 5) is 12.1. The van der Waals surface area contributed by atoms with Gasteiger partial charge in [0.2, 0.25) is 0 Å². The maximum atomic E-state index is 12.1. The van der Waals surface area contributed by atoms with E-state index in [4.69, 9.17) is 5.73 Å². The normalized spacial score (nSPS) is 23.9. The highest BCUT2D eigenvalue weighted by molar-refractivity contribution is 5.94. The van der Waals surface area contributed by atoms with Gasteiger partial charge in [-0.05, 0) is 38.7 Å². The monoisotopic (exact) mass is 251 g/mol. The molecule has 0 unspecified atom stereocenters. The van der Waals surface area contributed by atoms with Crippen LogP contribution in [0.25, 0.3) is 0 Å². The summed E-state index contributed by atoms with van der Waals surface area (Å²) < 4.78 is 1.85. The molecule has 0 bridgehead atoms. The van der Waals surface area contributed by atoms with E-state index < -0.39 is 0 Å². The highest BCUT2D eigenvalue weighted by Crippen LogP contribution is 2.19. The number of carbonyl (C=O) groups excluding carboxylic acids is 1. The van der Waals surface area contributed by atoms with E-state index in [1.807, 2.05) is 11.5 Å². The number of aliphatic hydroxyl groups excluding tert-OH is 1. The minimum atomic E-state index is -0.201. The number of aryl methyl sites for hydroxylation is 1. The Balaban J connectivity index is 1.99. The summed E-state index contributed by atoms with van der Waals surface area (Å²) >= 11 is 0. The highest BCUT2D eigenvalue weighted by atomic mass is 16.3. The molecule has 5 heteroatoms. The van der Waals surface area contributed by atoms with E-state index >= 15 is 0 Å². The van der Waals surface area contributed by atoms with Gasteiger partial charge in [0, 0.05) is 18.8 Å². The Hall–Kier alpha value is -1.49. The number of amides is 1. The summed E-state index contributed by atoms with van der Waals surface area (Å²) in [6.07, 6.45) is 4.79. The van der Waals surface area contributed by atoms with Gasteiger partial charge in [-0.1, -0.05) is 0 Å². The number of aliphatic hydroxyl groups is 1. The fraction of sp³-hybridized carbons (Fsp3) is 0.615. The van der Waals surface area contributed by atoms with Gasteiger partial charge in [0.05, 0.1) is 11.8 Å². The third kappa shape index (κ3) is 2.85. The van der Waals surface area contributed by atoms with E-state index in [2.05, 4.69) is 5.32 Å². The van der Waals surface area contributed by atoms with Gasteiger partial charge < -0.3 is 20.7 Å². The molecule has 100 valence electrons. The van der Waals surface area contributed by atoms with Crippen molar-refractivity contribution in [3.8, 4) is 0 Å². The molecule has 1 saturated carbocycles. The van der Waals surface area contributed by atoms with Crippen molar-refractivity contribution in [2.45, 2.75) is 51.3 Å². The number of nitrogens with two attached hydrogens (primary N) is 1. The van der Waals surface area contributed by atoms with Crippen LogP contribution in [-0.2, 0) is 6.54 Å². The maximum Gasteiger partial charge on any atom is 0.268 e. The Morgan fingerprint density at radius 2 is 2.17 bits per heavy atom. The van der Waals surface area contributed by atoms with Gasteiger partial charge in [0.25, 0.3) is 5.91 Å². The summed E-state index contributed by atoms with van der Waals surface area (Å²) in [6, 6.07) is 1.87. The van der Waals surface area contributed by atoms with E-state index in [9.17, 15) is 9.90 Å². The predicted molar refractivity (Wildman–Crippen MR) is 70.2 cm³/mol. The first kappa shape index (κ1) is 13.0. The fourth-order valence-corrected chi connectivity index (χ4v) is 2.46. The maximum absolute atomic E-state index is 12.1. The summed E-state index contributed by atoms with van der Waals surface area (Å²) in [5.74, 6) is -0.0741. The van der Waals surface area contributed by atoms with Crippen molar-refractivity contribution in [1.82, 2.24) is 9.88 Å². The number of carbonyl (C=O) groups is 1. The Morgan fingerprint density at radius 1 is 1.50 bits per heavy atom. The first-order valence-corrected chi connectivity index (χ1v) is 6.54. The van der Waals surface area contributed by atoms with Crippen LogP contribution in [0.5, 0.6) is 0 Å². The molecule has 1 fully saturated rings. The zero-order valence-electron chi connectivity index (χ0n) is 10.7. The SMILES string of the molecule is CCn1cc(N)cc1C(=O)NC1CCC(O)CC1. The summed E-state index contributed by atoms with van der Waals surface area (Å²) in [6.45, 7) is 2.70. The van der Waals surface area contributed by atoms with E-state index in [1.54, 1.807) is 12.3 Å². The molecule has 0 aliphatic heterocycles. The molecule has 2 rings (SSSR count). The van der Waals surface area contributed by atoms with Crippen molar-refractivity contribution in [3.63, 3.8) is 0 Å². The molecule has 1 aromatic heterocycles. The molecule has 4 N–H and O–H groups in total. The number of hydrogen-bond acceptors (Lipinski definition) is 3. The lowest BCUT2D eigenvalue weighted by atomic mass is 9.93. The number of nitrogens with zero attached hydrogens (tertiary/aromatic N) is 1. The number of aromatic nitrogens is 1. The van der Waals surface area contributed by atoms with E-state index in [1.165, 1.54) is 0 Å². The molecule has 0 atom stereocenters. The fourth-order valence-electron chi connectivity index (χ4n) is 2.46. The molecule has 1 aliphatic carbocycles. The zero-order chi connectivity index (χ0) is 13.1. The Bertz CT molecular complexity index is 420. The van der Waals surface area contributed by atoms with E-state index in [0.29, 0.717) is 11.4 Å². The Morgan fingerprint density at radius 3 is 2.78 bits per heavy atom. The lowest BCUT2D eigenvalue weighted by molar-refractivity contribution is 0.0859. The second-order valence-electron chi connectivity index (χ2n) is 4.92. The van der Waals surface area contributed by atoms with Gasteiger partial charge in [-0.2, -0.15) is 0 Å². The van der Waals surface area contributed by atoms with Crippen molar-refractivity contribution in [2.75, 3.05) is 5.73 Å². The van der Waals surface area contributed by atoms with Gasteiger partial charge in [-0.15, -0.1) is 0 Å². The lowest BCUT2D eigenvalue weighted by Crippen LogP contribution is -2.39. The largest absolute Gasteiger partial charge is 0.397 e. The highest BCUT2D eigenvalue weighted by Gasteiger charge is 2.22. The molecule has 18 heavy (non-hydrogen) atoms. The third-order valence-electron chi connectivity index (χ3n) is 3.52. The van der Waals surface area contributed by atoms with Crippen LogP contribution in [0.1, 0.15) is 43.1 Å². The number of hydrogen-bond donors (Lipinski definition) is 3.